The number of nitrogens with one attached hydrogen (secondary N) is 1. The van der Waals surface area contributed by atoms with Crippen LogP contribution in [-0.2, 0) is 0 Å². The molecule has 5 heteroatoms. The van der Waals surface area contributed by atoms with Gasteiger partial charge in [-0.25, -0.2) is 0 Å². The number of hydrogen-bond acceptors (Lipinski definition) is 4. The Morgan fingerprint density at radius 2 is 2.12 bits per heavy atom. The molecule has 0 aliphatic carbocycles. The third-order valence-electron chi connectivity index (χ3n) is 4.34. The fourth-order valence-electron chi connectivity index (χ4n) is 3.20. The lowest BCUT2D eigenvalue weighted by atomic mass is 9.83. The summed E-state index contributed by atoms with van der Waals surface area (Å²) in [6.45, 7) is 0. The van der Waals surface area contributed by atoms with Crippen molar-refractivity contribution in [1.29, 1.82) is 5.26 Å². The van der Waals surface area contributed by atoms with Crippen molar-refractivity contribution in [2.24, 2.45) is 5.73 Å². The Bertz CT molecular complexity index is 1010. The minimum atomic E-state index is -0.290. The van der Waals surface area contributed by atoms with Gasteiger partial charge in [-0.05, 0) is 23.8 Å². The molecule has 1 unspecified atom stereocenters. The van der Waals surface area contributed by atoms with Crippen LogP contribution in [0.4, 0.5) is 0 Å². The smallest absolute Gasteiger partial charge is 0.205 e. The maximum atomic E-state index is 9.61. The summed E-state index contributed by atoms with van der Waals surface area (Å²) in [5.74, 6) is 1.25. The first kappa shape index (κ1) is 14.2. The number of H-pyrrole nitrogens is 1. The van der Waals surface area contributed by atoms with Gasteiger partial charge >= 0.3 is 0 Å². The van der Waals surface area contributed by atoms with Crippen LogP contribution in [0.15, 0.2) is 60.1 Å². The summed E-state index contributed by atoms with van der Waals surface area (Å²) in [4.78, 5) is 3.18. The van der Waals surface area contributed by atoms with Gasteiger partial charge in [-0.3, -0.25) is 0 Å². The summed E-state index contributed by atoms with van der Waals surface area (Å²) < 4.78 is 11.1. The molecule has 0 saturated carbocycles. The van der Waals surface area contributed by atoms with Crippen molar-refractivity contribution in [3.05, 3.63) is 71.2 Å². The monoisotopic (exact) mass is 317 g/mol. The van der Waals surface area contributed by atoms with Crippen molar-refractivity contribution in [2.45, 2.75) is 5.92 Å². The van der Waals surface area contributed by atoms with Gasteiger partial charge in [-0.15, -0.1) is 0 Å². The van der Waals surface area contributed by atoms with Crippen molar-refractivity contribution in [3.63, 3.8) is 0 Å². The molecule has 1 atom stereocenters. The zero-order valence-corrected chi connectivity index (χ0v) is 13.0. The number of fused-ring (bicyclic) bond motifs is 3. The third-order valence-corrected chi connectivity index (χ3v) is 4.34. The molecule has 0 spiro atoms. The Morgan fingerprint density at radius 3 is 2.92 bits per heavy atom. The summed E-state index contributed by atoms with van der Waals surface area (Å²) in [7, 11) is 1.62. The number of rotatable bonds is 2. The molecule has 1 aliphatic heterocycles. The van der Waals surface area contributed by atoms with Crippen molar-refractivity contribution in [2.75, 3.05) is 7.11 Å². The van der Waals surface area contributed by atoms with E-state index < -0.39 is 0 Å². The fourth-order valence-corrected chi connectivity index (χ4v) is 3.20. The van der Waals surface area contributed by atoms with E-state index in [4.69, 9.17) is 15.2 Å². The second-order valence-corrected chi connectivity index (χ2v) is 5.63. The van der Waals surface area contributed by atoms with Gasteiger partial charge < -0.3 is 20.2 Å². The Hall–Kier alpha value is -3.39. The minimum absolute atomic E-state index is 0.139. The molecule has 0 saturated heterocycles. The summed E-state index contributed by atoms with van der Waals surface area (Å²) in [6.07, 6.45) is 1.86. The second kappa shape index (κ2) is 5.36. The molecule has 118 valence electrons. The van der Waals surface area contributed by atoms with Crippen LogP contribution in [0, 0.1) is 11.3 Å². The summed E-state index contributed by atoms with van der Waals surface area (Å²) >= 11 is 0. The van der Waals surface area contributed by atoms with E-state index in [1.54, 1.807) is 7.11 Å². The Balaban J connectivity index is 1.99. The van der Waals surface area contributed by atoms with Crippen LogP contribution in [0.2, 0.25) is 0 Å². The van der Waals surface area contributed by atoms with Crippen LogP contribution in [0.1, 0.15) is 17.0 Å². The Labute approximate surface area is 138 Å². The first-order chi connectivity index (χ1) is 11.7. The van der Waals surface area contributed by atoms with E-state index in [0.29, 0.717) is 11.3 Å². The van der Waals surface area contributed by atoms with Gasteiger partial charge in [0.15, 0.2) is 5.75 Å². The normalized spacial score (nSPS) is 16.4. The maximum absolute atomic E-state index is 9.61. The number of nitrogens with two attached hydrogens (primary N) is 1. The van der Waals surface area contributed by atoms with Gasteiger partial charge in [0.05, 0.1) is 18.5 Å². The molecule has 1 aromatic heterocycles. The van der Waals surface area contributed by atoms with Crippen LogP contribution in [-0.4, -0.2) is 12.1 Å². The SMILES string of the molecule is COc1cccc(C2C(C#N)=C(N)Oc3c2ccc2cc[nH]c32)c1. The lowest BCUT2D eigenvalue weighted by Crippen LogP contribution is -2.21. The molecule has 2 aromatic carbocycles. The van der Waals surface area contributed by atoms with E-state index in [1.165, 1.54) is 0 Å². The van der Waals surface area contributed by atoms with Gasteiger partial charge in [0.2, 0.25) is 5.88 Å². The largest absolute Gasteiger partial charge is 0.497 e. The lowest BCUT2D eigenvalue weighted by molar-refractivity contribution is 0.396. The van der Waals surface area contributed by atoms with Crippen LogP contribution in [0.5, 0.6) is 11.5 Å². The average Bonchev–Trinajstić information content (AvgIpc) is 3.09. The molecule has 0 amide bonds. The lowest BCUT2D eigenvalue weighted by Gasteiger charge is -2.27. The molecular formula is C19H15N3O2. The quantitative estimate of drug-likeness (QED) is 0.758. The summed E-state index contributed by atoms with van der Waals surface area (Å²) in [5, 5.41) is 10.6. The zero-order chi connectivity index (χ0) is 16.7. The van der Waals surface area contributed by atoms with Crippen molar-refractivity contribution in [3.8, 4) is 17.6 Å². The zero-order valence-electron chi connectivity index (χ0n) is 13.0. The molecule has 5 nitrogen and oxygen atoms in total. The van der Waals surface area contributed by atoms with Crippen LogP contribution in [0.3, 0.4) is 0 Å². The molecule has 3 aromatic rings. The van der Waals surface area contributed by atoms with Crippen molar-refractivity contribution >= 4 is 10.9 Å². The van der Waals surface area contributed by atoms with E-state index >= 15 is 0 Å². The first-order valence-corrected chi connectivity index (χ1v) is 7.54. The highest BCUT2D eigenvalue weighted by Gasteiger charge is 2.32. The number of ether oxygens (including phenoxy) is 2. The van der Waals surface area contributed by atoms with Crippen molar-refractivity contribution < 1.29 is 9.47 Å². The average molecular weight is 317 g/mol. The number of allylic oxidation sites excluding steroid dienone is 1. The van der Waals surface area contributed by atoms with Gasteiger partial charge in [0, 0.05) is 17.1 Å². The molecule has 0 fully saturated rings. The number of benzene rings is 2. The molecule has 0 bridgehead atoms. The summed E-state index contributed by atoms with van der Waals surface area (Å²) in [5.41, 5.74) is 9.17. The number of aromatic amines is 1. The molecule has 4 rings (SSSR count). The fraction of sp³-hybridized carbons (Fsp3) is 0.105. The van der Waals surface area contributed by atoms with Gasteiger partial charge in [0.25, 0.3) is 0 Å². The van der Waals surface area contributed by atoms with Crippen molar-refractivity contribution in [1.82, 2.24) is 4.98 Å². The number of methoxy groups -OCH3 is 1. The Morgan fingerprint density at radius 1 is 1.25 bits per heavy atom. The topological polar surface area (TPSA) is 84.1 Å². The summed E-state index contributed by atoms with van der Waals surface area (Å²) in [6, 6.07) is 15.8. The highest BCUT2D eigenvalue weighted by atomic mass is 16.5. The first-order valence-electron chi connectivity index (χ1n) is 7.54. The van der Waals surface area contributed by atoms with Gasteiger partial charge in [-0.2, -0.15) is 5.26 Å². The van der Waals surface area contributed by atoms with Crippen LogP contribution < -0.4 is 15.2 Å². The van der Waals surface area contributed by atoms with Gasteiger partial charge in [0.1, 0.15) is 17.4 Å². The predicted octanol–water partition coefficient (Wildman–Crippen LogP) is 3.39. The van der Waals surface area contributed by atoms with E-state index in [2.05, 4.69) is 11.1 Å². The number of hydrogen-bond donors (Lipinski definition) is 2. The molecule has 24 heavy (non-hydrogen) atoms. The van der Waals surface area contributed by atoms with Crippen LogP contribution in [0.25, 0.3) is 10.9 Å². The number of aromatic nitrogens is 1. The Kier molecular flexibility index (Phi) is 3.17. The molecular weight excluding hydrogens is 302 g/mol. The molecule has 1 aliphatic rings. The molecule has 2 heterocycles. The van der Waals surface area contributed by atoms with E-state index in [1.807, 2.05) is 48.7 Å². The molecule has 0 radical (unpaired) electrons. The van der Waals surface area contributed by atoms with E-state index in [-0.39, 0.29) is 11.8 Å². The third kappa shape index (κ3) is 2.01. The van der Waals surface area contributed by atoms with E-state index in [0.717, 1.165) is 27.8 Å². The maximum Gasteiger partial charge on any atom is 0.205 e. The highest BCUT2D eigenvalue weighted by Crippen LogP contribution is 2.45. The van der Waals surface area contributed by atoms with E-state index in [9.17, 15) is 5.26 Å². The highest BCUT2D eigenvalue weighted by molar-refractivity contribution is 5.88. The predicted molar refractivity (Wildman–Crippen MR) is 90.6 cm³/mol. The van der Waals surface area contributed by atoms with Crippen LogP contribution >= 0.6 is 0 Å². The number of nitrogens with zero attached hydrogens (tertiary/aromatic N) is 1. The van der Waals surface area contributed by atoms with Gasteiger partial charge in [-0.1, -0.05) is 24.3 Å². The second-order valence-electron chi connectivity index (χ2n) is 5.63. The standard InChI is InChI=1S/C19H15N3O2/c1-23-13-4-2-3-12(9-13)16-14-6-5-11-7-8-22-17(11)18(14)24-19(21)15(16)10-20/h2-9,16,22H,21H2,1H3. The molecule has 3 N–H and O–H groups in total. The minimum Gasteiger partial charge on any atom is -0.497 e. The number of nitriles is 1.